The van der Waals surface area contributed by atoms with Crippen molar-refractivity contribution in [3.63, 3.8) is 0 Å². The lowest BCUT2D eigenvalue weighted by atomic mass is 10.1. The molecule has 0 aromatic heterocycles. The molecule has 1 rings (SSSR count). The van der Waals surface area contributed by atoms with Gasteiger partial charge in [0.2, 0.25) is 0 Å². The Hall–Kier alpha value is -0.900. The zero-order valence-corrected chi connectivity index (χ0v) is 7.49. The highest BCUT2D eigenvalue weighted by Crippen LogP contribution is 2.05. The van der Waals surface area contributed by atoms with Crippen LogP contribution in [0.5, 0.6) is 0 Å². The summed E-state index contributed by atoms with van der Waals surface area (Å²) in [6, 6.07) is 7.89. The number of aliphatic hydroxyl groups excluding tert-OH is 1. The maximum absolute atomic E-state index is 7.00. The maximum atomic E-state index is 7.00. The Morgan fingerprint density at radius 3 is 1.83 bits per heavy atom. The van der Waals surface area contributed by atoms with Crippen molar-refractivity contribution >= 4 is 0 Å². The van der Waals surface area contributed by atoms with E-state index in [1.54, 1.807) is 0 Å². The summed E-state index contributed by atoms with van der Waals surface area (Å²) in [6.45, 7) is 2.03. The molecule has 1 aromatic rings. The molecule has 0 unspecified atom stereocenters. The first kappa shape index (κ1) is 11.1. The van der Waals surface area contributed by atoms with Crippen molar-refractivity contribution in [1.82, 2.24) is 0 Å². The van der Waals surface area contributed by atoms with E-state index >= 15 is 0 Å². The summed E-state index contributed by atoms with van der Waals surface area (Å²) < 4.78 is 0. The molecule has 0 fully saturated rings. The zero-order chi connectivity index (χ0) is 9.56. The molecular weight excluding hydrogens is 152 g/mol. The average Bonchev–Trinajstić information content (AvgIpc) is 2.09. The van der Waals surface area contributed by atoms with E-state index in [-0.39, 0.29) is 6.17 Å². The molecule has 5 N–H and O–H groups in total. The lowest BCUT2D eigenvalue weighted by molar-refractivity contribution is 0.399. The first-order chi connectivity index (χ1) is 5.70. The smallest absolute Gasteiger partial charge is 0.0784 e. The van der Waals surface area contributed by atoms with Gasteiger partial charge < -0.3 is 16.6 Å². The molecule has 0 saturated carbocycles. The van der Waals surface area contributed by atoms with Crippen molar-refractivity contribution in [2.24, 2.45) is 11.5 Å². The number of benzene rings is 1. The number of nitrogens with two attached hydrogens (primary N) is 2. The number of hydrogen-bond donors (Lipinski definition) is 3. The van der Waals surface area contributed by atoms with Gasteiger partial charge in [-0.05, 0) is 12.5 Å². The van der Waals surface area contributed by atoms with Gasteiger partial charge in [0.05, 0.1) is 6.17 Å². The Labute approximate surface area is 73.0 Å². The molecular formula is C9H16N2O. The van der Waals surface area contributed by atoms with Crippen molar-refractivity contribution in [3.05, 3.63) is 35.4 Å². The molecule has 0 radical (unpaired) electrons. The average molecular weight is 168 g/mol. The Kier molecular flexibility index (Phi) is 5.28. The molecule has 3 nitrogen and oxygen atoms in total. The molecule has 0 saturated heterocycles. The molecule has 0 aliphatic heterocycles. The molecule has 12 heavy (non-hydrogen) atoms. The van der Waals surface area contributed by atoms with Crippen LogP contribution >= 0.6 is 0 Å². The van der Waals surface area contributed by atoms with Gasteiger partial charge in [0.25, 0.3) is 0 Å². The molecule has 68 valence electrons. The quantitative estimate of drug-likeness (QED) is 0.535. The summed E-state index contributed by atoms with van der Waals surface area (Å²) in [7, 11) is 1.00. The van der Waals surface area contributed by atoms with Crippen LogP contribution in [-0.2, 0) is 0 Å². The van der Waals surface area contributed by atoms with Crippen LogP contribution in [0, 0.1) is 6.92 Å². The monoisotopic (exact) mass is 168 g/mol. The fourth-order valence-corrected chi connectivity index (χ4v) is 0.789. The van der Waals surface area contributed by atoms with Crippen LogP contribution in [0.15, 0.2) is 24.3 Å². The Morgan fingerprint density at radius 2 is 1.50 bits per heavy atom. The van der Waals surface area contributed by atoms with Crippen molar-refractivity contribution in [2.75, 3.05) is 7.11 Å². The van der Waals surface area contributed by atoms with E-state index in [0.29, 0.717) is 0 Å². The molecule has 1 aromatic carbocycles. The maximum Gasteiger partial charge on any atom is 0.0784 e. The SMILES string of the molecule is CO.Cc1ccc(C(N)N)cc1. The van der Waals surface area contributed by atoms with E-state index in [0.717, 1.165) is 12.7 Å². The van der Waals surface area contributed by atoms with Gasteiger partial charge in [-0.1, -0.05) is 29.8 Å². The molecule has 0 aliphatic carbocycles. The zero-order valence-electron chi connectivity index (χ0n) is 7.49. The Morgan fingerprint density at radius 1 is 1.08 bits per heavy atom. The van der Waals surface area contributed by atoms with Crippen LogP contribution in [0.3, 0.4) is 0 Å². The molecule has 3 heteroatoms. The number of aryl methyl sites for hydroxylation is 1. The minimum Gasteiger partial charge on any atom is -0.400 e. The minimum atomic E-state index is -0.347. The van der Waals surface area contributed by atoms with Crippen molar-refractivity contribution in [3.8, 4) is 0 Å². The van der Waals surface area contributed by atoms with Crippen molar-refractivity contribution < 1.29 is 5.11 Å². The predicted octanol–water partition coefficient (Wildman–Crippen LogP) is 0.520. The van der Waals surface area contributed by atoms with Crippen molar-refractivity contribution in [2.45, 2.75) is 13.1 Å². The highest BCUT2D eigenvalue weighted by molar-refractivity contribution is 5.22. The van der Waals surface area contributed by atoms with Gasteiger partial charge in [0, 0.05) is 7.11 Å². The van der Waals surface area contributed by atoms with Gasteiger partial charge >= 0.3 is 0 Å². The Balaban J connectivity index is 0.000000561. The van der Waals surface area contributed by atoms with Gasteiger partial charge in [-0.25, -0.2) is 0 Å². The summed E-state index contributed by atoms with van der Waals surface area (Å²) in [4.78, 5) is 0. The highest BCUT2D eigenvalue weighted by atomic mass is 16.2. The largest absolute Gasteiger partial charge is 0.400 e. The lowest BCUT2D eigenvalue weighted by Gasteiger charge is -2.04. The third-order valence-electron chi connectivity index (χ3n) is 1.46. The summed E-state index contributed by atoms with van der Waals surface area (Å²) in [5.74, 6) is 0. The van der Waals surface area contributed by atoms with E-state index in [2.05, 4.69) is 0 Å². The molecule has 0 atom stereocenters. The molecule has 0 bridgehead atoms. The van der Waals surface area contributed by atoms with E-state index in [4.69, 9.17) is 16.6 Å². The predicted molar refractivity (Wildman–Crippen MR) is 50.4 cm³/mol. The molecule has 0 heterocycles. The summed E-state index contributed by atoms with van der Waals surface area (Å²) in [5, 5.41) is 7.00. The van der Waals surface area contributed by atoms with Crippen LogP contribution in [0.25, 0.3) is 0 Å². The topological polar surface area (TPSA) is 72.3 Å². The third kappa shape index (κ3) is 3.48. The van der Waals surface area contributed by atoms with E-state index < -0.39 is 0 Å². The third-order valence-corrected chi connectivity index (χ3v) is 1.46. The standard InChI is InChI=1S/C8H12N2.CH4O/c1-6-2-4-7(5-3-6)8(9)10;1-2/h2-5,8H,9-10H2,1H3;2H,1H3. The molecule has 0 amide bonds. The second kappa shape index (κ2) is 5.71. The number of aliphatic hydroxyl groups is 1. The molecule has 0 aliphatic rings. The minimum absolute atomic E-state index is 0.347. The van der Waals surface area contributed by atoms with Gasteiger partial charge in [-0.3, -0.25) is 0 Å². The fourth-order valence-electron chi connectivity index (χ4n) is 0.789. The second-order valence-corrected chi connectivity index (χ2v) is 2.44. The number of hydrogen-bond acceptors (Lipinski definition) is 3. The van der Waals surface area contributed by atoms with E-state index in [1.807, 2.05) is 31.2 Å². The summed E-state index contributed by atoms with van der Waals surface area (Å²) in [6.07, 6.45) is -0.347. The van der Waals surface area contributed by atoms with Crippen LogP contribution in [-0.4, -0.2) is 12.2 Å². The normalized spacial score (nSPS) is 9.17. The highest BCUT2D eigenvalue weighted by Gasteiger charge is 1.95. The summed E-state index contributed by atoms with van der Waals surface area (Å²) >= 11 is 0. The summed E-state index contributed by atoms with van der Waals surface area (Å²) in [5.41, 5.74) is 13.1. The van der Waals surface area contributed by atoms with E-state index in [9.17, 15) is 0 Å². The van der Waals surface area contributed by atoms with Gasteiger partial charge in [-0.15, -0.1) is 0 Å². The van der Waals surface area contributed by atoms with Gasteiger partial charge in [-0.2, -0.15) is 0 Å². The van der Waals surface area contributed by atoms with Crippen LogP contribution in [0.4, 0.5) is 0 Å². The first-order valence-corrected chi connectivity index (χ1v) is 3.72. The fraction of sp³-hybridized carbons (Fsp3) is 0.333. The Bertz CT molecular complexity index is 206. The molecule has 0 spiro atoms. The van der Waals surface area contributed by atoms with E-state index in [1.165, 1.54) is 5.56 Å². The number of rotatable bonds is 1. The van der Waals surface area contributed by atoms with Crippen LogP contribution in [0.2, 0.25) is 0 Å². The lowest BCUT2D eigenvalue weighted by Crippen LogP contribution is -2.19. The van der Waals surface area contributed by atoms with Crippen LogP contribution < -0.4 is 11.5 Å². The van der Waals surface area contributed by atoms with Crippen LogP contribution in [0.1, 0.15) is 17.3 Å². The van der Waals surface area contributed by atoms with Gasteiger partial charge in [0.1, 0.15) is 0 Å². The second-order valence-electron chi connectivity index (χ2n) is 2.44. The van der Waals surface area contributed by atoms with Gasteiger partial charge in [0.15, 0.2) is 0 Å². The van der Waals surface area contributed by atoms with Crippen molar-refractivity contribution in [1.29, 1.82) is 0 Å². The first-order valence-electron chi connectivity index (χ1n) is 3.72.